The molecule has 0 spiro atoms. The third kappa shape index (κ3) is 4.68. The topological polar surface area (TPSA) is 99.0 Å². The van der Waals surface area contributed by atoms with Crippen molar-refractivity contribution >= 4 is 27.3 Å². The van der Waals surface area contributed by atoms with E-state index < -0.39 is 10.0 Å². The van der Waals surface area contributed by atoms with Gasteiger partial charge in [-0.25, -0.2) is 23.4 Å². The SMILES string of the molecule is Cc1ncn(-c2cc(Oc3ccc(NS(=O)(=O)c4ccc(Cl)cc4)cc3)ncn2)c1C. The van der Waals surface area contributed by atoms with E-state index in [0.29, 0.717) is 28.2 Å². The highest BCUT2D eigenvalue weighted by Gasteiger charge is 2.14. The highest BCUT2D eigenvalue weighted by atomic mass is 35.5. The summed E-state index contributed by atoms with van der Waals surface area (Å²) in [5.74, 6) is 1.48. The molecular formula is C21H18ClN5O3S. The molecule has 31 heavy (non-hydrogen) atoms. The Bertz CT molecular complexity index is 1320. The van der Waals surface area contributed by atoms with Crippen molar-refractivity contribution in [3.8, 4) is 17.4 Å². The molecule has 0 aliphatic carbocycles. The van der Waals surface area contributed by atoms with Crippen LogP contribution in [0.3, 0.4) is 0 Å². The van der Waals surface area contributed by atoms with Gasteiger partial charge in [0, 0.05) is 22.5 Å². The van der Waals surface area contributed by atoms with Crippen molar-refractivity contribution in [2.45, 2.75) is 18.7 Å². The molecule has 0 unspecified atom stereocenters. The monoisotopic (exact) mass is 455 g/mol. The third-order valence-corrected chi connectivity index (χ3v) is 6.23. The van der Waals surface area contributed by atoms with Crippen molar-refractivity contribution < 1.29 is 13.2 Å². The van der Waals surface area contributed by atoms with E-state index in [-0.39, 0.29) is 4.90 Å². The zero-order valence-corrected chi connectivity index (χ0v) is 18.2. The molecule has 4 rings (SSSR count). The smallest absolute Gasteiger partial charge is 0.261 e. The van der Waals surface area contributed by atoms with Gasteiger partial charge in [0.1, 0.15) is 24.2 Å². The van der Waals surface area contributed by atoms with Crippen LogP contribution in [0.2, 0.25) is 5.02 Å². The summed E-state index contributed by atoms with van der Waals surface area (Å²) in [4.78, 5) is 12.8. The number of nitrogens with zero attached hydrogens (tertiary/aromatic N) is 4. The summed E-state index contributed by atoms with van der Waals surface area (Å²) in [5.41, 5.74) is 2.29. The quantitative estimate of drug-likeness (QED) is 0.458. The average molecular weight is 456 g/mol. The van der Waals surface area contributed by atoms with E-state index in [0.717, 1.165) is 11.4 Å². The van der Waals surface area contributed by atoms with Gasteiger partial charge < -0.3 is 4.74 Å². The summed E-state index contributed by atoms with van der Waals surface area (Å²) < 4.78 is 35.1. The molecule has 0 saturated carbocycles. The number of aromatic nitrogens is 4. The van der Waals surface area contributed by atoms with Crippen molar-refractivity contribution in [2.24, 2.45) is 0 Å². The Hall–Kier alpha value is -3.43. The van der Waals surface area contributed by atoms with E-state index in [2.05, 4.69) is 19.7 Å². The second-order valence-electron chi connectivity index (χ2n) is 6.69. The standard InChI is InChI=1S/C21H18ClN5O3S/c1-14-15(2)27(13-25-14)20-11-21(24-12-23-20)30-18-7-5-17(6-8-18)26-31(28,29)19-9-3-16(22)4-10-19/h3-13,26H,1-2H3. The normalized spacial score (nSPS) is 11.3. The van der Waals surface area contributed by atoms with Crippen LogP contribution in [0.25, 0.3) is 5.82 Å². The predicted molar refractivity (Wildman–Crippen MR) is 117 cm³/mol. The van der Waals surface area contributed by atoms with E-state index in [9.17, 15) is 8.42 Å². The Morgan fingerprint density at radius 2 is 1.68 bits per heavy atom. The van der Waals surface area contributed by atoms with Crippen LogP contribution in [0, 0.1) is 13.8 Å². The largest absolute Gasteiger partial charge is 0.439 e. The minimum atomic E-state index is -3.72. The number of sulfonamides is 1. The van der Waals surface area contributed by atoms with E-state index in [1.807, 2.05) is 18.4 Å². The Balaban J connectivity index is 1.48. The van der Waals surface area contributed by atoms with Crippen LogP contribution >= 0.6 is 11.6 Å². The lowest BCUT2D eigenvalue weighted by Gasteiger charge is -2.10. The summed E-state index contributed by atoms with van der Waals surface area (Å²) in [7, 11) is -3.72. The fraction of sp³-hybridized carbons (Fsp3) is 0.0952. The minimum Gasteiger partial charge on any atom is -0.439 e. The van der Waals surface area contributed by atoms with Gasteiger partial charge in [-0.05, 0) is 62.4 Å². The Kier molecular flexibility index (Phi) is 5.62. The van der Waals surface area contributed by atoms with E-state index in [1.165, 1.54) is 30.6 Å². The van der Waals surface area contributed by atoms with Crippen LogP contribution in [0.4, 0.5) is 5.69 Å². The number of anilines is 1. The molecule has 10 heteroatoms. The Morgan fingerprint density at radius 1 is 0.968 bits per heavy atom. The maximum atomic E-state index is 12.5. The first-order chi connectivity index (χ1) is 14.8. The van der Waals surface area contributed by atoms with Crippen LogP contribution in [0.1, 0.15) is 11.4 Å². The molecule has 0 amide bonds. The van der Waals surface area contributed by atoms with E-state index in [1.54, 1.807) is 36.7 Å². The fourth-order valence-corrected chi connectivity index (χ4v) is 3.97. The summed E-state index contributed by atoms with van der Waals surface area (Å²) in [6.45, 7) is 3.88. The van der Waals surface area contributed by atoms with E-state index >= 15 is 0 Å². The maximum absolute atomic E-state index is 12.5. The van der Waals surface area contributed by atoms with Crippen molar-refractivity contribution in [3.05, 3.63) is 83.7 Å². The van der Waals surface area contributed by atoms with Gasteiger partial charge in [0.15, 0.2) is 0 Å². The van der Waals surface area contributed by atoms with Gasteiger partial charge >= 0.3 is 0 Å². The molecule has 158 valence electrons. The van der Waals surface area contributed by atoms with Gasteiger partial charge in [-0.15, -0.1) is 0 Å². The number of imidazole rings is 1. The lowest BCUT2D eigenvalue weighted by Crippen LogP contribution is -2.12. The van der Waals surface area contributed by atoms with Crippen LogP contribution in [0.15, 0.2) is 72.1 Å². The Morgan fingerprint density at radius 3 is 2.32 bits per heavy atom. The highest BCUT2D eigenvalue weighted by molar-refractivity contribution is 7.92. The second-order valence-corrected chi connectivity index (χ2v) is 8.80. The van der Waals surface area contributed by atoms with Crippen LogP contribution in [-0.4, -0.2) is 27.9 Å². The average Bonchev–Trinajstić information content (AvgIpc) is 3.08. The molecule has 0 aliphatic heterocycles. The molecule has 0 fully saturated rings. The third-order valence-electron chi connectivity index (χ3n) is 4.58. The molecule has 0 aliphatic rings. The van der Waals surface area contributed by atoms with Gasteiger partial charge in [-0.1, -0.05) is 11.6 Å². The first kappa shape index (κ1) is 20.8. The molecule has 0 atom stereocenters. The fourth-order valence-electron chi connectivity index (χ4n) is 2.79. The molecule has 0 bridgehead atoms. The van der Waals surface area contributed by atoms with Crippen molar-refractivity contribution in [3.63, 3.8) is 0 Å². The summed E-state index contributed by atoms with van der Waals surface area (Å²) in [6, 6.07) is 14.1. The zero-order chi connectivity index (χ0) is 22.0. The number of hydrogen-bond acceptors (Lipinski definition) is 6. The van der Waals surface area contributed by atoms with Gasteiger partial charge in [0.2, 0.25) is 5.88 Å². The molecule has 0 saturated heterocycles. The number of rotatable bonds is 6. The number of benzene rings is 2. The number of hydrogen-bond donors (Lipinski definition) is 1. The number of halogens is 1. The number of ether oxygens (including phenoxy) is 1. The molecule has 0 radical (unpaired) electrons. The zero-order valence-electron chi connectivity index (χ0n) is 16.7. The summed E-state index contributed by atoms with van der Waals surface area (Å²) in [5, 5.41) is 0.465. The Labute approximate surface area is 184 Å². The van der Waals surface area contributed by atoms with Crippen molar-refractivity contribution in [1.82, 2.24) is 19.5 Å². The van der Waals surface area contributed by atoms with Crippen molar-refractivity contribution in [2.75, 3.05) is 4.72 Å². The first-order valence-corrected chi connectivity index (χ1v) is 11.1. The minimum absolute atomic E-state index is 0.121. The molecule has 2 heterocycles. The number of aryl methyl sites for hydroxylation is 1. The van der Waals surface area contributed by atoms with E-state index in [4.69, 9.17) is 16.3 Å². The maximum Gasteiger partial charge on any atom is 0.261 e. The van der Waals surface area contributed by atoms with Crippen LogP contribution < -0.4 is 9.46 Å². The van der Waals surface area contributed by atoms with Gasteiger partial charge in [-0.3, -0.25) is 9.29 Å². The van der Waals surface area contributed by atoms with Crippen LogP contribution in [0.5, 0.6) is 11.6 Å². The lowest BCUT2D eigenvalue weighted by molar-refractivity contribution is 0.461. The molecule has 8 nitrogen and oxygen atoms in total. The van der Waals surface area contributed by atoms with Crippen LogP contribution in [-0.2, 0) is 10.0 Å². The molecule has 1 N–H and O–H groups in total. The lowest BCUT2D eigenvalue weighted by atomic mass is 10.3. The highest BCUT2D eigenvalue weighted by Crippen LogP contribution is 2.24. The van der Waals surface area contributed by atoms with Crippen molar-refractivity contribution in [1.29, 1.82) is 0 Å². The van der Waals surface area contributed by atoms with Gasteiger partial charge in [0.05, 0.1) is 10.6 Å². The summed E-state index contributed by atoms with van der Waals surface area (Å²) in [6.07, 6.45) is 3.10. The predicted octanol–water partition coefficient (Wildman–Crippen LogP) is 4.53. The molecule has 4 aromatic rings. The van der Waals surface area contributed by atoms with Gasteiger partial charge in [0.25, 0.3) is 10.0 Å². The summed E-state index contributed by atoms with van der Waals surface area (Å²) >= 11 is 5.82. The molecular weight excluding hydrogens is 438 g/mol. The van der Waals surface area contributed by atoms with Gasteiger partial charge in [-0.2, -0.15) is 0 Å². The second kappa shape index (κ2) is 8.37. The number of nitrogens with one attached hydrogen (secondary N) is 1. The molecule has 2 aromatic heterocycles. The first-order valence-electron chi connectivity index (χ1n) is 9.21. The molecule has 2 aromatic carbocycles.